The smallest absolute Gasteiger partial charge is 0.323 e. The summed E-state index contributed by atoms with van der Waals surface area (Å²) >= 11 is 0. The number of amides is 2. The fourth-order valence-electron chi connectivity index (χ4n) is 3.10. The highest BCUT2D eigenvalue weighted by atomic mass is 16.5. The first kappa shape index (κ1) is 21.6. The molecule has 2 amide bonds. The van der Waals surface area contributed by atoms with Gasteiger partial charge in [-0.15, -0.1) is 0 Å². The third-order valence-electron chi connectivity index (χ3n) is 4.53. The van der Waals surface area contributed by atoms with Gasteiger partial charge in [-0.05, 0) is 49.4 Å². The Hall–Kier alpha value is -4.60. The fraction of sp³-hybridized carbons (Fsp3) is 0.130. The Morgan fingerprint density at radius 1 is 0.970 bits per heavy atom. The van der Waals surface area contributed by atoms with Gasteiger partial charge in [0.2, 0.25) is 5.88 Å². The number of hydrogen-bond donors (Lipinski definition) is 2. The van der Waals surface area contributed by atoms with Crippen molar-refractivity contribution in [2.45, 2.75) is 6.92 Å². The number of carbonyl (C=O) groups excluding carboxylic acids is 1. The summed E-state index contributed by atoms with van der Waals surface area (Å²) in [5, 5.41) is 9.70. The second-order valence-electron chi connectivity index (χ2n) is 6.81. The summed E-state index contributed by atoms with van der Waals surface area (Å²) in [6.45, 7) is 1.78. The molecule has 0 atom stereocenters. The number of carbonyl (C=O) groups is 1. The summed E-state index contributed by atoms with van der Waals surface area (Å²) < 4.78 is 18.1. The number of ether oxygens (including phenoxy) is 3. The van der Waals surface area contributed by atoms with E-state index in [-0.39, 0.29) is 0 Å². The van der Waals surface area contributed by atoms with E-state index in [0.717, 1.165) is 0 Å². The van der Waals surface area contributed by atoms with Gasteiger partial charge in [-0.25, -0.2) is 14.5 Å². The molecule has 10 heteroatoms. The first-order chi connectivity index (χ1) is 16.1. The van der Waals surface area contributed by atoms with Crippen LogP contribution in [0.4, 0.5) is 16.2 Å². The first-order valence-corrected chi connectivity index (χ1v) is 9.98. The second kappa shape index (κ2) is 9.69. The number of para-hydroxylation sites is 1. The van der Waals surface area contributed by atoms with Crippen LogP contribution in [-0.4, -0.2) is 40.0 Å². The average Bonchev–Trinajstić information content (AvgIpc) is 3.35. The first-order valence-electron chi connectivity index (χ1n) is 9.98. The number of anilines is 2. The van der Waals surface area contributed by atoms with E-state index in [9.17, 15) is 4.79 Å². The van der Waals surface area contributed by atoms with Gasteiger partial charge in [0.1, 0.15) is 11.6 Å². The molecule has 10 nitrogen and oxygen atoms in total. The van der Waals surface area contributed by atoms with E-state index in [4.69, 9.17) is 14.2 Å². The van der Waals surface area contributed by atoms with E-state index < -0.39 is 6.03 Å². The van der Waals surface area contributed by atoms with Gasteiger partial charge in [-0.3, -0.25) is 0 Å². The van der Waals surface area contributed by atoms with Gasteiger partial charge < -0.3 is 24.8 Å². The van der Waals surface area contributed by atoms with Crippen LogP contribution < -0.4 is 24.8 Å². The summed E-state index contributed by atoms with van der Waals surface area (Å²) in [6, 6.07) is 15.2. The molecule has 4 aromatic rings. The Morgan fingerprint density at radius 3 is 2.48 bits per heavy atom. The molecule has 0 unspecified atom stereocenters. The Morgan fingerprint density at radius 2 is 1.79 bits per heavy atom. The van der Waals surface area contributed by atoms with E-state index in [1.54, 1.807) is 72.5 Å². The zero-order valence-electron chi connectivity index (χ0n) is 18.3. The number of hydrogen-bond acceptors (Lipinski definition) is 7. The molecule has 33 heavy (non-hydrogen) atoms. The molecule has 0 saturated carbocycles. The van der Waals surface area contributed by atoms with Crippen molar-refractivity contribution in [1.29, 1.82) is 0 Å². The summed E-state index contributed by atoms with van der Waals surface area (Å²) in [5.41, 5.74) is 1.07. The van der Waals surface area contributed by atoms with Crippen molar-refractivity contribution in [2.24, 2.45) is 0 Å². The second-order valence-corrected chi connectivity index (χ2v) is 6.81. The van der Waals surface area contributed by atoms with Crippen LogP contribution in [-0.2, 0) is 0 Å². The predicted octanol–water partition coefficient (Wildman–Crippen LogP) is 4.42. The summed E-state index contributed by atoms with van der Waals surface area (Å²) in [4.78, 5) is 21.1. The highest BCUT2D eigenvalue weighted by Crippen LogP contribution is 2.34. The van der Waals surface area contributed by atoms with E-state index in [0.29, 0.717) is 46.1 Å². The number of nitrogens with zero attached hydrogens (tertiary/aromatic N) is 4. The van der Waals surface area contributed by atoms with E-state index in [2.05, 4.69) is 25.7 Å². The van der Waals surface area contributed by atoms with Crippen LogP contribution in [0.1, 0.15) is 5.82 Å². The molecule has 0 aliphatic carbocycles. The van der Waals surface area contributed by atoms with Gasteiger partial charge in [-0.2, -0.15) is 10.1 Å². The lowest BCUT2D eigenvalue weighted by Gasteiger charge is -2.14. The molecule has 2 aromatic carbocycles. The normalized spacial score (nSPS) is 10.4. The lowest BCUT2D eigenvalue weighted by Crippen LogP contribution is -2.19. The van der Waals surface area contributed by atoms with Crippen molar-refractivity contribution in [1.82, 2.24) is 19.7 Å². The highest BCUT2D eigenvalue weighted by molar-refractivity contribution is 6.01. The Kier molecular flexibility index (Phi) is 6.35. The van der Waals surface area contributed by atoms with Crippen LogP contribution in [0.15, 0.2) is 67.0 Å². The van der Waals surface area contributed by atoms with Crippen molar-refractivity contribution in [3.8, 4) is 28.9 Å². The fourth-order valence-corrected chi connectivity index (χ4v) is 3.10. The maximum atomic E-state index is 12.4. The van der Waals surface area contributed by atoms with Crippen LogP contribution in [0.3, 0.4) is 0 Å². The van der Waals surface area contributed by atoms with Crippen molar-refractivity contribution >= 4 is 17.4 Å². The number of aromatic nitrogens is 4. The van der Waals surface area contributed by atoms with Gasteiger partial charge >= 0.3 is 6.03 Å². The van der Waals surface area contributed by atoms with E-state index in [1.807, 2.05) is 6.07 Å². The van der Waals surface area contributed by atoms with Crippen LogP contribution in [0, 0.1) is 6.92 Å². The van der Waals surface area contributed by atoms with E-state index >= 15 is 0 Å². The molecular weight excluding hydrogens is 424 g/mol. The minimum atomic E-state index is -0.425. The van der Waals surface area contributed by atoms with E-state index in [1.165, 1.54) is 14.2 Å². The summed E-state index contributed by atoms with van der Waals surface area (Å²) in [7, 11) is 3.04. The van der Waals surface area contributed by atoms with Gasteiger partial charge in [-0.1, -0.05) is 6.07 Å². The zero-order chi connectivity index (χ0) is 23.2. The van der Waals surface area contributed by atoms with Crippen molar-refractivity contribution in [2.75, 3.05) is 24.9 Å². The largest absolute Gasteiger partial charge is 0.493 e. The number of aryl methyl sites for hydroxylation is 1. The molecule has 0 bridgehead atoms. The minimum Gasteiger partial charge on any atom is -0.493 e. The lowest BCUT2D eigenvalue weighted by atomic mass is 10.2. The molecule has 0 aliphatic heterocycles. The highest BCUT2D eigenvalue weighted by Gasteiger charge is 2.12. The third-order valence-corrected chi connectivity index (χ3v) is 4.53. The third kappa shape index (κ3) is 5.18. The number of rotatable bonds is 7. The maximum absolute atomic E-state index is 12.4. The summed E-state index contributed by atoms with van der Waals surface area (Å²) in [5.74, 6) is 3.06. The van der Waals surface area contributed by atoms with Gasteiger partial charge in [0, 0.05) is 24.1 Å². The molecule has 4 rings (SSSR count). The zero-order valence-corrected chi connectivity index (χ0v) is 18.3. The maximum Gasteiger partial charge on any atom is 0.323 e. The molecule has 2 aromatic heterocycles. The van der Waals surface area contributed by atoms with Crippen LogP contribution in [0.5, 0.6) is 23.1 Å². The number of urea groups is 1. The van der Waals surface area contributed by atoms with Crippen LogP contribution >= 0.6 is 0 Å². The predicted molar refractivity (Wildman–Crippen MR) is 123 cm³/mol. The van der Waals surface area contributed by atoms with Gasteiger partial charge in [0.15, 0.2) is 17.3 Å². The molecule has 2 heterocycles. The average molecular weight is 446 g/mol. The SMILES string of the molecule is COc1cccc(NC(=O)Nc2ccc(Oc3cc(-n4cccn4)nc(C)n3)cc2)c1OC. The van der Waals surface area contributed by atoms with Crippen LogP contribution in [0.25, 0.3) is 5.82 Å². The Bertz CT molecular complexity index is 1240. The Labute approximate surface area is 190 Å². The lowest BCUT2D eigenvalue weighted by molar-refractivity contribution is 0.262. The van der Waals surface area contributed by atoms with Crippen molar-refractivity contribution < 1.29 is 19.0 Å². The number of nitrogens with one attached hydrogen (secondary N) is 2. The standard InChI is InChI=1S/C23H22N6O4/c1-15-25-20(29-13-5-12-24-29)14-21(26-15)33-17-10-8-16(9-11-17)27-23(30)28-18-6-4-7-19(31-2)22(18)32-3/h4-14H,1-3H3,(H2,27,28,30). The molecule has 0 saturated heterocycles. The molecular formula is C23H22N6O4. The minimum absolute atomic E-state index is 0.386. The van der Waals surface area contributed by atoms with Gasteiger partial charge in [0.25, 0.3) is 0 Å². The monoisotopic (exact) mass is 446 g/mol. The topological polar surface area (TPSA) is 112 Å². The van der Waals surface area contributed by atoms with Crippen molar-refractivity contribution in [3.63, 3.8) is 0 Å². The Balaban J connectivity index is 1.42. The number of benzene rings is 2. The molecule has 0 fully saturated rings. The molecule has 0 radical (unpaired) electrons. The quantitative estimate of drug-likeness (QED) is 0.432. The molecule has 0 aliphatic rings. The van der Waals surface area contributed by atoms with Crippen LogP contribution in [0.2, 0.25) is 0 Å². The van der Waals surface area contributed by atoms with Gasteiger partial charge in [0.05, 0.1) is 19.9 Å². The molecule has 2 N–H and O–H groups in total. The molecule has 0 spiro atoms. The number of methoxy groups -OCH3 is 2. The summed E-state index contributed by atoms with van der Waals surface area (Å²) in [6.07, 6.45) is 3.46. The molecule has 168 valence electrons. The van der Waals surface area contributed by atoms with Crippen molar-refractivity contribution in [3.05, 3.63) is 72.8 Å².